The Kier molecular flexibility index (Phi) is 7.14. The van der Waals surface area contributed by atoms with Gasteiger partial charge in [0.05, 0.1) is 22.9 Å². The molecule has 0 fully saturated rings. The fourth-order valence-electron chi connectivity index (χ4n) is 2.80. The van der Waals surface area contributed by atoms with Gasteiger partial charge in [-0.15, -0.1) is 11.8 Å². The second-order valence-corrected chi connectivity index (χ2v) is 8.42. The van der Waals surface area contributed by atoms with Crippen molar-refractivity contribution in [2.24, 2.45) is 0 Å². The molecule has 8 nitrogen and oxygen atoms in total. The number of benzene rings is 2. The van der Waals surface area contributed by atoms with E-state index in [4.69, 9.17) is 14.5 Å². The van der Waals surface area contributed by atoms with E-state index in [-0.39, 0.29) is 24.2 Å². The summed E-state index contributed by atoms with van der Waals surface area (Å²) in [5.41, 5.74) is 2.16. The molecule has 0 bridgehead atoms. The van der Waals surface area contributed by atoms with Crippen LogP contribution in [0.5, 0.6) is 0 Å². The minimum absolute atomic E-state index is 0.0781. The molecule has 2 heterocycles. The number of anilines is 1. The highest BCUT2D eigenvalue weighted by atomic mass is 32.2. The van der Waals surface area contributed by atoms with Crippen molar-refractivity contribution in [2.45, 2.75) is 11.5 Å². The molecular weight excluding hydrogens is 460 g/mol. The van der Waals surface area contributed by atoms with E-state index in [1.165, 1.54) is 23.1 Å². The van der Waals surface area contributed by atoms with Gasteiger partial charge in [-0.1, -0.05) is 23.4 Å². The van der Waals surface area contributed by atoms with Crippen molar-refractivity contribution < 1.29 is 18.8 Å². The zero-order valence-corrected chi connectivity index (χ0v) is 18.7. The van der Waals surface area contributed by atoms with E-state index in [0.717, 1.165) is 5.56 Å². The van der Waals surface area contributed by atoms with Gasteiger partial charge in [0.1, 0.15) is 0 Å². The molecule has 33 heavy (non-hydrogen) atoms. The van der Waals surface area contributed by atoms with E-state index in [9.17, 15) is 9.59 Å². The number of rotatable bonds is 8. The van der Waals surface area contributed by atoms with Crippen LogP contribution in [0.25, 0.3) is 11.4 Å². The first-order chi connectivity index (χ1) is 16.1. The molecule has 2 aromatic carbocycles. The molecule has 2 aromatic heterocycles. The van der Waals surface area contributed by atoms with Gasteiger partial charge < -0.3 is 14.6 Å². The molecule has 0 unspecified atom stereocenters. The molecular formula is C23H16N4O4S2. The maximum Gasteiger partial charge on any atom is 0.339 e. The lowest BCUT2D eigenvalue weighted by atomic mass is 10.2. The van der Waals surface area contributed by atoms with Crippen LogP contribution in [0.2, 0.25) is 0 Å². The summed E-state index contributed by atoms with van der Waals surface area (Å²) < 4.78 is 10.5. The number of ether oxygens (including phenoxy) is 1. The number of amides is 1. The summed E-state index contributed by atoms with van der Waals surface area (Å²) in [4.78, 5) is 29.8. The van der Waals surface area contributed by atoms with E-state index in [1.54, 1.807) is 48.5 Å². The van der Waals surface area contributed by atoms with Crippen molar-refractivity contribution in [3.05, 3.63) is 82.4 Å². The lowest BCUT2D eigenvalue weighted by Crippen LogP contribution is -2.14. The molecule has 0 saturated heterocycles. The summed E-state index contributed by atoms with van der Waals surface area (Å²) in [6.07, 6.45) is 0. The second kappa shape index (κ2) is 10.6. The fraction of sp³-hybridized carbons (Fsp3) is 0.0870. The molecule has 164 valence electrons. The van der Waals surface area contributed by atoms with Crippen LogP contribution in [0.15, 0.2) is 74.8 Å². The van der Waals surface area contributed by atoms with E-state index < -0.39 is 5.97 Å². The molecule has 0 aliphatic carbocycles. The number of hydrogen-bond acceptors (Lipinski definition) is 9. The molecule has 4 rings (SSSR count). The predicted molar refractivity (Wildman–Crippen MR) is 124 cm³/mol. The van der Waals surface area contributed by atoms with Gasteiger partial charge in [0.25, 0.3) is 5.89 Å². The van der Waals surface area contributed by atoms with Crippen molar-refractivity contribution in [3.63, 3.8) is 0 Å². The van der Waals surface area contributed by atoms with E-state index in [0.29, 0.717) is 27.5 Å². The van der Waals surface area contributed by atoms with E-state index in [1.807, 2.05) is 22.9 Å². The Balaban J connectivity index is 1.34. The van der Waals surface area contributed by atoms with Gasteiger partial charge in [-0.3, -0.25) is 4.79 Å². The van der Waals surface area contributed by atoms with Crippen LogP contribution in [0.1, 0.15) is 21.8 Å². The SMILES string of the molecule is N#Cc1cccc(NC(=O)CSc2ccccc2C(=O)OCc2nc(-c3ccsc3)no2)c1. The van der Waals surface area contributed by atoms with Crippen LogP contribution in [0.3, 0.4) is 0 Å². The molecule has 0 saturated carbocycles. The summed E-state index contributed by atoms with van der Waals surface area (Å²) in [7, 11) is 0. The maximum atomic E-state index is 12.6. The summed E-state index contributed by atoms with van der Waals surface area (Å²) in [6, 6.07) is 17.4. The molecule has 0 atom stereocenters. The summed E-state index contributed by atoms with van der Waals surface area (Å²) in [6.45, 7) is -0.162. The van der Waals surface area contributed by atoms with Crippen LogP contribution >= 0.6 is 23.1 Å². The van der Waals surface area contributed by atoms with E-state index >= 15 is 0 Å². The number of esters is 1. The number of carbonyl (C=O) groups is 2. The van der Waals surface area contributed by atoms with E-state index in [2.05, 4.69) is 15.5 Å². The summed E-state index contributed by atoms with van der Waals surface area (Å²) >= 11 is 2.73. The van der Waals surface area contributed by atoms with Crippen molar-refractivity contribution in [1.29, 1.82) is 5.26 Å². The Morgan fingerprint density at radius 3 is 2.88 bits per heavy atom. The number of hydrogen-bond donors (Lipinski definition) is 1. The van der Waals surface area contributed by atoms with Crippen molar-refractivity contribution in [1.82, 2.24) is 10.1 Å². The third kappa shape index (κ3) is 5.85. The van der Waals surface area contributed by atoms with Crippen molar-refractivity contribution in [3.8, 4) is 17.5 Å². The highest BCUT2D eigenvalue weighted by molar-refractivity contribution is 8.00. The molecule has 1 N–H and O–H groups in total. The Bertz CT molecular complexity index is 1310. The third-order valence-corrected chi connectivity index (χ3v) is 6.07. The Morgan fingerprint density at radius 2 is 2.06 bits per heavy atom. The van der Waals surface area contributed by atoms with Crippen LogP contribution in [-0.2, 0) is 16.1 Å². The molecule has 0 spiro atoms. The van der Waals surface area contributed by atoms with Crippen LogP contribution in [-0.4, -0.2) is 27.8 Å². The number of thiophene rings is 1. The first-order valence-corrected chi connectivity index (χ1v) is 11.6. The zero-order valence-electron chi connectivity index (χ0n) is 17.1. The lowest BCUT2D eigenvalue weighted by Gasteiger charge is -2.09. The standard InChI is InChI=1S/C23H16N4O4S2/c24-11-15-4-3-5-17(10-15)25-20(28)14-33-19-7-2-1-6-18(19)23(29)30-12-21-26-22(27-31-21)16-8-9-32-13-16/h1-10,13H,12,14H2,(H,25,28). The Morgan fingerprint density at radius 1 is 1.18 bits per heavy atom. The lowest BCUT2D eigenvalue weighted by molar-refractivity contribution is -0.113. The monoisotopic (exact) mass is 476 g/mol. The molecule has 0 aliphatic rings. The quantitative estimate of drug-likeness (QED) is 0.286. The number of nitriles is 1. The van der Waals surface area contributed by atoms with Gasteiger partial charge in [0.15, 0.2) is 6.61 Å². The minimum Gasteiger partial charge on any atom is -0.452 e. The Labute approximate surface area is 197 Å². The van der Waals surface area contributed by atoms with Gasteiger partial charge in [-0.2, -0.15) is 21.6 Å². The minimum atomic E-state index is -0.560. The fourth-order valence-corrected chi connectivity index (χ4v) is 4.27. The van der Waals surface area contributed by atoms with Gasteiger partial charge in [-0.25, -0.2) is 4.79 Å². The largest absolute Gasteiger partial charge is 0.452 e. The van der Waals surface area contributed by atoms with Gasteiger partial charge in [-0.05, 0) is 41.8 Å². The third-order valence-electron chi connectivity index (χ3n) is 4.32. The van der Waals surface area contributed by atoms with Crippen molar-refractivity contribution >= 4 is 40.7 Å². The zero-order chi connectivity index (χ0) is 23.0. The molecule has 0 aliphatic heterocycles. The molecule has 0 radical (unpaired) electrons. The van der Waals surface area contributed by atoms with Crippen molar-refractivity contribution in [2.75, 3.05) is 11.1 Å². The Hall–Kier alpha value is -3.94. The maximum absolute atomic E-state index is 12.6. The number of nitrogens with zero attached hydrogens (tertiary/aromatic N) is 3. The average molecular weight is 477 g/mol. The summed E-state index contributed by atoms with van der Waals surface area (Å²) in [5.74, 6) is -0.117. The second-order valence-electron chi connectivity index (χ2n) is 6.63. The van der Waals surface area contributed by atoms with Crippen LogP contribution < -0.4 is 5.32 Å². The van der Waals surface area contributed by atoms with Gasteiger partial charge in [0.2, 0.25) is 11.7 Å². The number of aromatic nitrogens is 2. The number of thioether (sulfide) groups is 1. The molecule has 10 heteroatoms. The number of nitrogens with one attached hydrogen (secondary N) is 1. The van der Waals surface area contributed by atoms with Gasteiger partial charge >= 0.3 is 5.97 Å². The summed E-state index contributed by atoms with van der Waals surface area (Å²) in [5, 5.41) is 19.4. The van der Waals surface area contributed by atoms with Crippen LogP contribution in [0.4, 0.5) is 5.69 Å². The molecule has 1 amide bonds. The first kappa shape index (κ1) is 22.3. The first-order valence-electron chi connectivity index (χ1n) is 9.66. The average Bonchev–Trinajstić information content (AvgIpc) is 3.54. The normalized spacial score (nSPS) is 10.4. The smallest absolute Gasteiger partial charge is 0.339 e. The highest BCUT2D eigenvalue weighted by Crippen LogP contribution is 2.24. The van der Waals surface area contributed by atoms with Crippen LogP contribution in [0, 0.1) is 11.3 Å². The predicted octanol–water partition coefficient (Wildman–Crippen LogP) is 4.76. The topological polar surface area (TPSA) is 118 Å². The highest BCUT2D eigenvalue weighted by Gasteiger charge is 2.16. The number of carbonyl (C=O) groups excluding carboxylic acids is 2. The molecule has 4 aromatic rings. The van der Waals surface area contributed by atoms with Gasteiger partial charge in [0, 0.05) is 21.5 Å².